The van der Waals surface area contributed by atoms with Crippen LogP contribution in [0.15, 0.2) is 24.4 Å². The Balaban J connectivity index is 2.72. The molecule has 2 aromatic rings. The zero-order valence-corrected chi connectivity index (χ0v) is 10.2. The van der Waals surface area contributed by atoms with Gasteiger partial charge in [-0.1, -0.05) is 0 Å². The molecule has 96 valence electrons. The van der Waals surface area contributed by atoms with Crippen LogP contribution in [-0.4, -0.2) is 25.9 Å². The van der Waals surface area contributed by atoms with Crippen LogP contribution in [0, 0.1) is 0 Å². The van der Waals surface area contributed by atoms with Gasteiger partial charge in [-0.3, -0.25) is 0 Å². The number of rotatable bonds is 3. The maximum Gasteiger partial charge on any atom is 0.337 e. The monoisotopic (exact) mass is 249 g/mol. The molecule has 1 heterocycles. The minimum atomic E-state index is -1.56. The van der Waals surface area contributed by atoms with Crippen molar-refractivity contribution in [1.29, 1.82) is 0 Å². The zero-order chi connectivity index (χ0) is 13.4. The number of aliphatic carboxylic acids is 1. The highest BCUT2D eigenvalue weighted by Gasteiger charge is 2.22. The van der Waals surface area contributed by atoms with Crippen molar-refractivity contribution in [2.45, 2.75) is 26.0 Å². The number of aliphatic hydroxyl groups is 1. The fraction of sp³-hybridized carbons (Fsp3) is 0.308. The Hall–Kier alpha value is -2.01. The minimum Gasteiger partial charge on any atom is -0.508 e. The van der Waals surface area contributed by atoms with Gasteiger partial charge in [-0.15, -0.1) is 0 Å². The van der Waals surface area contributed by atoms with E-state index in [1.807, 2.05) is 18.4 Å². The first-order valence-electron chi connectivity index (χ1n) is 5.66. The maximum atomic E-state index is 10.9. The Kier molecular flexibility index (Phi) is 3.00. The summed E-state index contributed by atoms with van der Waals surface area (Å²) >= 11 is 0. The summed E-state index contributed by atoms with van der Waals surface area (Å²) in [7, 11) is 0. The molecule has 3 N–H and O–H groups in total. The fourth-order valence-electron chi connectivity index (χ4n) is 2.04. The van der Waals surface area contributed by atoms with Crippen molar-refractivity contribution in [3.8, 4) is 5.75 Å². The second kappa shape index (κ2) is 4.34. The molecular weight excluding hydrogens is 234 g/mol. The predicted molar refractivity (Wildman–Crippen MR) is 66.6 cm³/mol. The molecule has 0 aliphatic heterocycles. The zero-order valence-electron chi connectivity index (χ0n) is 10.2. The van der Waals surface area contributed by atoms with Gasteiger partial charge in [0.2, 0.25) is 0 Å². The maximum absolute atomic E-state index is 10.9. The second-order valence-corrected chi connectivity index (χ2v) is 4.53. The average molecular weight is 249 g/mol. The van der Waals surface area contributed by atoms with Gasteiger partial charge in [0.25, 0.3) is 0 Å². The van der Waals surface area contributed by atoms with Crippen molar-refractivity contribution in [2.75, 3.05) is 0 Å². The SMILES string of the molecule is CC(C)n1cc(C(O)C(=O)O)c2ccc(O)cc21. The van der Waals surface area contributed by atoms with E-state index in [2.05, 4.69) is 0 Å². The number of aliphatic hydroxyl groups excluding tert-OH is 1. The highest BCUT2D eigenvalue weighted by Crippen LogP contribution is 2.31. The largest absolute Gasteiger partial charge is 0.508 e. The van der Waals surface area contributed by atoms with Gasteiger partial charge in [-0.25, -0.2) is 4.79 Å². The topological polar surface area (TPSA) is 82.7 Å². The number of nitrogens with zero attached hydrogens (tertiary/aromatic N) is 1. The lowest BCUT2D eigenvalue weighted by molar-refractivity contribution is -0.146. The number of phenols is 1. The molecule has 0 fully saturated rings. The Morgan fingerprint density at radius 1 is 1.33 bits per heavy atom. The van der Waals surface area contributed by atoms with E-state index >= 15 is 0 Å². The van der Waals surface area contributed by atoms with Crippen LogP contribution < -0.4 is 0 Å². The molecule has 1 aromatic heterocycles. The lowest BCUT2D eigenvalue weighted by Crippen LogP contribution is -2.10. The summed E-state index contributed by atoms with van der Waals surface area (Å²) in [5, 5.41) is 28.7. The second-order valence-electron chi connectivity index (χ2n) is 4.53. The van der Waals surface area contributed by atoms with Gasteiger partial charge in [-0.05, 0) is 26.0 Å². The molecule has 5 nitrogen and oxygen atoms in total. The lowest BCUT2D eigenvalue weighted by atomic mass is 10.1. The number of carbonyl (C=O) groups is 1. The number of hydrogen-bond donors (Lipinski definition) is 3. The first-order chi connectivity index (χ1) is 8.41. The molecule has 5 heteroatoms. The van der Waals surface area contributed by atoms with Gasteiger partial charge < -0.3 is 19.9 Å². The summed E-state index contributed by atoms with van der Waals surface area (Å²) in [6, 6.07) is 4.76. The van der Waals surface area contributed by atoms with Crippen molar-refractivity contribution in [3.05, 3.63) is 30.0 Å². The number of aromatic hydroxyl groups is 1. The van der Waals surface area contributed by atoms with Crippen molar-refractivity contribution in [3.63, 3.8) is 0 Å². The average Bonchev–Trinajstić information content (AvgIpc) is 2.66. The molecule has 0 radical (unpaired) electrons. The summed E-state index contributed by atoms with van der Waals surface area (Å²) in [5.74, 6) is -1.18. The molecule has 0 bridgehead atoms. The number of benzene rings is 1. The van der Waals surface area contributed by atoms with Crippen molar-refractivity contribution in [2.24, 2.45) is 0 Å². The van der Waals surface area contributed by atoms with Gasteiger partial charge in [0.1, 0.15) is 5.75 Å². The molecule has 0 aliphatic carbocycles. The van der Waals surface area contributed by atoms with Crippen LogP contribution in [0.4, 0.5) is 0 Å². The van der Waals surface area contributed by atoms with Gasteiger partial charge in [0.15, 0.2) is 6.10 Å². The van der Waals surface area contributed by atoms with Crippen LogP contribution in [0.5, 0.6) is 5.75 Å². The molecule has 2 rings (SSSR count). The van der Waals surface area contributed by atoms with E-state index in [1.165, 1.54) is 6.07 Å². The van der Waals surface area contributed by atoms with Crippen molar-refractivity contribution < 1.29 is 20.1 Å². The molecule has 0 saturated heterocycles. The molecular formula is C13H15NO4. The van der Waals surface area contributed by atoms with Crippen LogP contribution in [-0.2, 0) is 4.79 Å². The molecule has 1 aromatic carbocycles. The summed E-state index contributed by atoms with van der Waals surface area (Å²) < 4.78 is 1.83. The predicted octanol–water partition coefficient (Wildman–Crippen LogP) is 2.05. The summed E-state index contributed by atoms with van der Waals surface area (Å²) in [4.78, 5) is 10.9. The van der Waals surface area contributed by atoms with Crippen LogP contribution in [0.25, 0.3) is 10.9 Å². The van der Waals surface area contributed by atoms with E-state index in [1.54, 1.807) is 18.3 Å². The Morgan fingerprint density at radius 3 is 2.56 bits per heavy atom. The molecule has 0 amide bonds. The fourth-order valence-corrected chi connectivity index (χ4v) is 2.04. The number of carboxylic acids is 1. The third-order valence-corrected chi connectivity index (χ3v) is 2.93. The number of phenolic OH excluding ortho intramolecular Hbond substituents is 1. The highest BCUT2D eigenvalue weighted by atomic mass is 16.4. The lowest BCUT2D eigenvalue weighted by Gasteiger charge is -2.08. The van der Waals surface area contributed by atoms with E-state index in [-0.39, 0.29) is 11.8 Å². The van der Waals surface area contributed by atoms with E-state index in [9.17, 15) is 15.0 Å². The molecule has 1 atom stereocenters. The van der Waals surface area contributed by atoms with Gasteiger partial charge in [-0.2, -0.15) is 0 Å². The summed E-state index contributed by atoms with van der Waals surface area (Å²) in [6.07, 6.45) is 0.0603. The Morgan fingerprint density at radius 2 is 2.00 bits per heavy atom. The standard InChI is InChI=1S/C13H15NO4/c1-7(2)14-6-10(12(16)13(17)18)9-4-3-8(15)5-11(9)14/h3-7,12,15-16H,1-2H3,(H,17,18). The van der Waals surface area contributed by atoms with E-state index in [0.29, 0.717) is 16.5 Å². The van der Waals surface area contributed by atoms with E-state index < -0.39 is 12.1 Å². The van der Waals surface area contributed by atoms with Crippen LogP contribution in [0.3, 0.4) is 0 Å². The minimum absolute atomic E-state index is 0.101. The number of aromatic nitrogens is 1. The smallest absolute Gasteiger partial charge is 0.337 e. The quantitative estimate of drug-likeness (QED) is 0.777. The van der Waals surface area contributed by atoms with Crippen LogP contribution in [0.2, 0.25) is 0 Å². The summed E-state index contributed by atoms with van der Waals surface area (Å²) in [6.45, 7) is 3.89. The Labute approximate surface area is 104 Å². The molecule has 0 aliphatic rings. The molecule has 0 saturated carbocycles. The van der Waals surface area contributed by atoms with Crippen molar-refractivity contribution in [1.82, 2.24) is 4.57 Å². The highest BCUT2D eigenvalue weighted by molar-refractivity contribution is 5.90. The van der Waals surface area contributed by atoms with Crippen molar-refractivity contribution >= 4 is 16.9 Å². The van der Waals surface area contributed by atoms with E-state index in [0.717, 1.165) is 0 Å². The molecule has 18 heavy (non-hydrogen) atoms. The van der Waals surface area contributed by atoms with Gasteiger partial charge >= 0.3 is 5.97 Å². The first-order valence-corrected chi connectivity index (χ1v) is 5.66. The third-order valence-electron chi connectivity index (χ3n) is 2.93. The molecule has 0 spiro atoms. The van der Waals surface area contributed by atoms with Crippen LogP contribution >= 0.6 is 0 Å². The van der Waals surface area contributed by atoms with Gasteiger partial charge in [0, 0.05) is 29.3 Å². The number of carboxylic acid groups (broad SMARTS) is 1. The first kappa shape index (κ1) is 12.4. The Bertz CT molecular complexity index is 600. The number of fused-ring (bicyclic) bond motifs is 1. The van der Waals surface area contributed by atoms with Gasteiger partial charge in [0.05, 0.1) is 5.52 Å². The van der Waals surface area contributed by atoms with E-state index in [4.69, 9.17) is 5.11 Å². The number of hydrogen-bond acceptors (Lipinski definition) is 3. The third kappa shape index (κ3) is 1.93. The van der Waals surface area contributed by atoms with Crippen LogP contribution in [0.1, 0.15) is 31.6 Å². The summed E-state index contributed by atoms with van der Waals surface area (Å²) in [5.41, 5.74) is 1.05. The normalized spacial score (nSPS) is 13.1. The molecule has 1 unspecified atom stereocenters.